The summed E-state index contributed by atoms with van der Waals surface area (Å²) < 4.78 is 16.0. The Morgan fingerprint density at radius 2 is 2.23 bits per heavy atom. The summed E-state index contributed by atoms with van der Waals surface area (Å²) in [6.07, 6.45) is -0.282. The van der Waals surface area contributed by atoms with Crippen molar-refractivity contribution >= 4 is 16.3 Å². The fourth-order valence-corrected chi connectivity index (χ4v) is 2.22. The van der Waals surface area contributed by atoms with Crippen LogP contribution in [0, 0.1) is 16.0 Å². The number of aromatic nitrogens is 2. The van der Waals surface area contributed by atoms with Crippen molar-refractivity contribution in [2.45, 2.75) is 33.5 Å². The Kier molecular flexibility index (Phi) is 5.45. The Bertz CT molecular complexity index is 625. The molecule has 0 aliphatic heterocycles. The molecular weight excluding hydrogens is 310 g/mol. The second-order valence-corrected chi connectivity index (χ2v) is 5.95. The molecule has 2 rings (SSSR count). The van der Waals surface area contributed by atoms with Crippen LogP contribution < -0.4 is 4.74 Å². The molecule has 0 radical (unpaired) electrons. The van der Waals surface area contributed by atoms with Crippen molar-refractivity contribution in [2.75, 3.05) is 6.61 Å². The molecule has 0 aliphatic carbocycles. The molecule has 2 aromatic heterocycles. The highest BCUT2D eigenvalue weighted by molar-refractivity contribution is 7.13. The highest BCUT2D eigenvalue weighted by Gasteiger charge is 2.19. The summed E-state index contributed by atoms with van der Waals surface area (Å²) in [4.78, 5) is 14.5. The van der Waals surface area contributed by atoms with Gasteiger partial charge in [-0.25, -0.2) is 0 Å². The van der Waals surface area contributed by atoms with Gasteiger partial charge in [-0.2, -0.15) is 4.98 Å². The van der Waals surface area contributed by atoms with Gasteiger partial charge in [-0.05, 0) is 18.9 Å². The molecule has 0 fully saturated rings. The van der Waals surface area contributed by atoms with E-state index in [4.69, 9.17) is 14.0 Å². The maximum atomic E-state index is 10.8. The van der Waals surface area contributed by atoms with Crippen LogP contribution in [-0.4, -0.2) is 21.7 Å². The summed E-state index contributed by atoms with van der Waals surface area (Å²) in [6.45, 7) is 6.51. The van der Waals surface area contributed by atoms with E-state index in [-0.39, 0.29) is 29.4 Å². The number of hydrogen-bond acceptors (Lipinski definition) is 8. The molecule has 1 atom stereocenters. The molecule has 0 N–H and O–H groups in total. The van der Waals surface area contributed by atoms with Crippen molar-refractivity contribution in [3.05, 3.63) is 33.3 Å². The second kappa shape index (κ2) is 7.32. The van der Waals surface area contributed by atoms with Crippen molar-refractivity contribution in [1.29, 1.82) is 0 Å². The van der Waals surface area contributed by atoms with Gasteiger partial charge in [0.2, 0.25) is 5.75 Å². The van der Waals surface area contributed by atoms with Gasteiger partial charge in [0.05, 0.1) is 4.92 Å². The number of nitrogens with zero attached hydrogens (tertiary/aromatic N) is 3. The quantitative estimate of drug-likeness (QED) is 0.541. The van der Waals surface area contributed by atoms with E-state index >= 15 is 0 Å². The van der Waals surface area contributed by atoms with Crippen LogP contribution in [0.25, 0.3) is 0 Å². The van der Waals surface area contributed by atoms with Crippen LogP contribution in [0.3, 0.4) is 0 Å². The molecule has 0 aliphatic rings. The van der Waals surface area contributed by atoms with Crippen molar-refractivity contribution in [3.8, 4) is 5.75 Å². The van der Waals surface area contributed by atoms with Gasteiger partial charge in [0, 0.05) is 12.0 Å². The molecule has 8 nitrogen and oxygen atoms in total. The normalized spacial score (nSPS) is 12.5. The van der Waals surface area contributed by atoms with Crippen molar-refractivity contribution in [3.63, 3.8) is 0 Å². The van der Waals surface area contributed by atoms with Crippen LogP contribution in [0.4, 0.5) is 5.00 Å². The van der Waals surface area contributed by atoms with Crippen LogP contribution in [0.5, 0.6) is 5.75 Å². The molecule has 22 heavy (non-hydrogen) atoms. The molecule has 120 valence electrons. The molecule has 0 aromatic carbocycles. The number of thiophene rings is 1. The minimum Gasteiger partial charge on any atom is -0.476 e. The summed E-state index contributed by atoms with van der Waals surface area (Å²) in [5.74, 6) is 1.28. The first-order chi connectivity index (χ1) is 10.5. The smallest absolute Gasteiger partial charge is 0.365 e. The van der Waals surface area contributed by atoms with Gasteiger partial charge in [0.1, 0.15) is 6.10 Å². The number of nitro groups is 1. The van der Waals surface area contributed by atoms with E-state index in [9.17, 15) is 10.1 Å². The second-order valence-electron chi connectivity index (χ2n) is 5.05. The molecule has 0 bridgehead atoms. The molecule has 0 saturated carbocycles. The van der Waals surface area contributed by atoms with Gasteiger partial charge in [-0.3, -0.25) is 10.1 Å². The summed E-state index contributed by atoms with van der Waals surface area (Å²) in [6, 6.07) is 1.54. The summed E-state index contributed by atoms with van der Waals surface area (Å²) in [7, 11) is 0. The Labute approximate surface area is 131 Å². The predicted octanol–water partition coefficient (Wildman–Crippen LogP) is 3.35. The third kappa shape index (κ3) is 4.25. The third-order valence-electron chi connectivity index (χ3n) is 2.65. The lowest BCUT2D eigenvalue weighted by atomic mass is 10.2. The Hall–Kier alpha value is -2.00. The van der Waals surface area contributed by atoms with E-state index in [0.717, 1.165) is 11.3 Å². The first-order valence-electron chi connectivity index (χ1n) is 6.76. The van der Waals surface area contributed by atoms with E-state index < -0.39 is 4.92 Å². The topological polar surface area (TPSA) is 101 Å². The Morgan fingerprint density at radius 1 is 1.45 bits per heavy atom. The van der Waals surface area contributed by atoms with E-state index in [1.807, 2.05) is 6.92 Å². The van der Waals surface area contributed by atoms with Gasteiger partial charge in [0.25, 0.3) is 5.89 Å². The van der Waals surface area contributed by atoms with Gasteiger partial charge < -0.3 is 14.0 Å². The molecule has 0 saturated heterocycles. The standard InChI is InChI=1S/C13H17N3O5S/c1-8(2)6-19-9(3)12-14-11(21-15-12)7-20-10-4-5-22-13(10)16(17)18/h4-5,8-9H,6-7H2,1-3H3. The van der Waals surface area contributed by atoms with Crippen LogP contribution >= 0.6 is 11.3 Å². The zero-order valence-corrected chi connectivity index (χ0v) is 13.3. The molecule has 2 aromatic rings. The third-order valence-corrected chi connectivity index (χ3v) is 3.50. The fourth-order valence-electron chi connectivity index (χ4n) is 1.58. The highest BCUT2D eigenvalue weighted by Crippen LogP contribution is 2.33. The van der Waals surface area contributed by atoms with Crippen LogP contribution in [0.1, 0.15) is 38.6 Å². The summed E-state index contributed by atoms with van der Waals surface area (Å²) in [5, 5.41) is 16.2. The highest BCUT2D eigenvalue weighted by atomic mass is 32.1. The molecule has 2 heterocycles. The maximum Gasteiger partial charge on any atom is 0.365 e. The average Bonchev–Trinajstić information content (AvgIpc) is 3.11. The van der Waals surface area contributed by atoms with Crippen molar-refractivity contribution in [1.82, 2.24) is 10.1 Å². The lowest BCUT2D eigenvalue weighted by Gasteiger charge is -2.10. The Morgan fingerprint density at radius 3 is 2.91 bits per heavy atom. The van der Waals surface area contributed by atoms with E-state index in [2.05, 4.69) is 24.0 Å². The number of ether oxygens (including phenoxy) is 2. The minimum absolute atomic E-state index is 0.0263. The van der Waals surface area contributed by atoms with E-state index in [0.29, 0.717) is 18.3 Å². The zero-order chi connectivity index (χ0) is 16.1. The first-order valence-corrected chi connectivity index (χ1v) is 7.64. The Balaban J connectivity index is 1.92. The molecular formula is C13H17N3O5S. The van der Waals surface area contributed by atoms with Gasteiger partial charge >= 0.3 is 5.00 Å². The van der Waals surface area contributed by atoms with Gasteiger partial charge in [0.15, 0.2) is 12.4 Å². The van der Waals surface area contributed by atoms with Crippen molar-refractivity contribution in [2.24, 2.45) is 5.92 Å². The first kappa shape index (κ1) is 16.4. The van der Waals surface area contributed by atoms with E-state index in [1.165, 1.54) is 6.07 Å². The monoisotopic (exact) mass is 327 g/mol. The summed E-state index contributed by atoms with van der Waals surface area (Å²) >= 11 is 1.00. The molecule has 1 unspecified atom stereocenters. The molecule has 0 amide bonds. The lowest BCUT2D eigenvalue weighted by molar-refractivity contribution is -0.381. The van der Waals surface area contributed by atoms with Crippen LogP contribution in [0.15, 0.2) is 16.0 Å². The SMILES string of the molecule is CC(C)COC(C)c1noc(COc2ccsc2[N+](=O)[O-])n1. The zero-order valence-electron chi connectivity index (χ0n) is 12.5. The van der Waals surface area contributed by atoms with Crippen LogP contribution in [-0.2, 0) is 11.3 Å². The largest absolute Gasteiger partial charge is 0.476 e. The molecule has 9 heteroatoms. The average molecular weight is 327 g/mol. The fraction of sp³-hybridized carbons (Fsp3) is 0.538. The minimum atomic E-state index is -0.485. The maximum absolute atomic E-state index is 10.8. The van der Waals surface area contributed by atoms with E-state index in [1.54, 1.807) is 5.38 Å². The van der Waals surface area contributed by atoms with Crippen molar-refractivity contribution < 1.29 is 18.9 Å². The lowest BCUT2D eigenvalue weighted by Crippen LogP contribution is -2.07. The predicted molar refractivity (Wildman–Crippen MR) is 78.8 cm³/mol. The van der Waals surface area contributed by atoms with Gasteiger partial charge in [-0.1, -0.05) is 30.3 Å². The number of hydrogen-bond donors (Lipinski definition) is 0. The summed E-state index contributed by atoms with van der Waals surface area (Å²) in [5.41, 5.74) is 0. The number of rotatable bonds is 8. The van der Waals surface area contributed by atoms with Gasteiger partial charge in [-0.15, -0.1) is 0 Å². The molecule has 0 spiro atoms. The van der Waals surface area contributed by atoms with Crippen LogP contribution in [0.2, 0.25) is 0 Å².